The molecule has 11 heteroatoms. The van der Waals surface area contributed by atoms with Crippen molar-refractivity contribution in [2.45, 2.75) is 48.5 Å². The molecule has 0 saturated carbocycles. The first-order valence-corrected chi connectivity index (χ1v) is 15.8. The Labute approximate surface area is 244 Å². The number of rotatable bonds is 11. The van der Waals surface area contributed by atoms with Crippen LogP contribution in [-0.2, 0) is 19.6 Å². The number of hydrogen-bond acceptors (Lipinski definition) is 6. The highest BCUT2D eigenvalue weighted by Crippen LogP contribution is 2.33. The lowest BCUT2D eigenvalue weighted by molar-refractivity contribution is -0.145. The molecule has 3 aromatic carbocycles. The molecule has 0 aliphatic carbocycles. The molecule has 4 rings (SSSR count). The topological polar surface area (TPSA) is 130 Å². The summed E-state index contributed by atoms with van der Waals surface area (Å²) < 4.78 is 42.0. The van der Waals surface area contributed by atoms with E-state index in [9.17, 15) is 27.5 Å². The molecule has 0 aromatic heterocycles. The van der Waals surface area contributed by atoms with Crippen molar-refractivity contribution in [3.63, 3.8) is 0 Å². The van der Waals surface area contributed by atoms with Gasteiger partial charge in [-0.3, -0.25) is 9.59 Å². The standard InChI is InChI=1S/C30H34FN3O5S2/c1-20(2)30(32,29(36)37)17-16-26(23-8-12-24(31)13-9-23)33-27(35)28-34(18-19-40-28)41(38,39)25-14-10-22(11-15-25)21-6-4-3-5-7-21/h3-15,20,26,28H,16-19,32H2,1-2H3,(H,33,35)(H,36,37)/t26-,28-,30-/m0/s1. The molecule has 0 bridgehead atoms. The van der Waals surface area contributed by atoms with Crippen LogP contribution in [0.1, 0.15) is 38.3 Å². The van der Waals surface area contributed by atoms with Crippen LogP contribution in [0.15, 0.2) is 83.8 Å². The Hall–Kier alpha value is -3.25. The molecular formula is C30H34FN3O5S2. The van der Waals surface area contributed by atoms with Crippen LogP contribution in [0.25, 0.3) is 11.1 Å². The van der Waals surface area contributed by atoms with Gasteiger partial charge < -0.3 is 16.2 Å². The highest BCUT2D eigenvalue weighted by atomic mass is 32.2. The molecule has 218 valence electrons. The van der Waals surface area contributed by atoms with Crippen LogP contribution in [0.5, 0.6) is 0 Å². The van der Waals surface area contributed by atoms with E-state index in [1.807, 2.05) is 30.3 Å². The summed E-state index contributed by atoms with van der Waals surface area (Å²) in [6.07, 6.45) is 0.194. The predicted octanol–water partition coefficient (Wildman–Crippen LogP) is 4.63. The van der Waals surface area contributed by atoms with Gasteiger partial charge in [0.05, 0.1) is 10.9 Å². The van der Waals surface area contributed by atoms with Crippen LogP contribution in [0, 0.1) is 11.7 Å². The first kappa shape index (κ1) is 30.7. The van der Waals surface area contributed by atoms with Gasteiger partial charge in [0, 0.05) is 12.3 Å². The average Bonchev–Trinajstić information content (AvgIpc) is 3.47. The number of carboxylic acid groups (broad SMARTS) is 1. The fourth-order valence-electron chi connectivity index (χ4n) is 4.78. The summed E-state index contributed by atoms with van der Waals surface area (Å²) in [6.45, 7) is 3.58. The molecular weight excluding hydrogens is 565 g/mol. The van der Waals surface area contributed by atoms with Gasteiger partial charge in [0.15, 0.2) is 0 Å². The minimum atomic E-state index is -3.99. The van der Waals surface area contributed by atoms with Crippen LogP contribution >= 0.6 is 11.8 Å². The fraction of sp³-hybridized carbons (Fsp3) is 0.333. The summed E-state index contributed by atoms with van der Waals surface area (Å²) in [5.74, 6) is -2.10. The maximum Gasteiger partial charge on any atom is 0.323 e. The van der Waals surface area contributed by atoms with Crippen molar-refractivity contribution >= 4 is 33.7 Å². The quantitative estimate of drug-likeness (QED) is 0.293. The summed E-state index contributed by atoms with van der Waals surface area (Å²) in [5, 5.41) is 11.6. The molecule has 41 heavy (non-hydrogen) atoms. The lowest BCUT2D eigenvalue weighted by atomic mass is 9.81. The third kappa shape index (κ3) is 6.81. The number of nitrogens with one attached hydrogen (secondary N) is 1. The molecule has 1 aliphatic rings. The van der Waals surface area contributed by atoms with Gasteiger partial charge >= 0.3 is 5.97 Å². The summed E-state index contributed by atoms with van der Waals surface area (Å²) in [5.41, 5.74) is 7.07. The van der Waals surface area contributed by atoms with Crippen molar-refractivity contribution in [3.8, 4) is 11.1 Å². The van der Waals surface area contributed by atoms with Crippen molar-refractivity contribution in [1.82, 2.24) is 9.62 Å². The van der Waals surface area contributed by atoms with Crippen LogP contribution in [0.4, 0.5) is 4.39 Å². The summed E-state index contributed by atoms with van der Waals surface area (Å²) in [6, 6.07) is 21.0. The van der Waals surface area contributed by atoms with Crippen molar-refractivity contribution in [2.24, 2.45) is 11.7 Å². The van der Waals surface area contributed by atoms with E-state index in [4.69, 9.17) is 5.73 Å². The molecule has 0 spiro atoms. The predicted molar refractivity (Wildman–Crippen MR) is 158 cm³/mol. The zero-order valence-electron chi connectivity index (χ0n) is 22.9. The highest BCUT2D eigenvalue weighted by molar-refractivity contribution is 8.02. The zero-order chi connectivity index (χ0) is 29.8. The number of thioether (sulfide) groups is 1. The van der Waals surface area contributed by atoms with Gasteiger partial charge in [-0.1, -0.05) is 68.4 Å². The van der Waals surface area contributed by atoms with Crippen molar-refractivity contribution in [1.29, 1.82) is 0 Å². The van der Waals surface area contributed by atoms with E-state index in [2.05, 4.69) is 5.32 Å². The second-order valence-corrected chi connectivity index (χ2v) is 13.5. The van der Waals surface area contributed by atoms with E-state index in [1.165, 1.54) is 52.5 Å². The number of carbonyl (C=O) groups excluding carboxylic acids is 1. The van der Waals surface area contributed by atoms with Gasteiger partial charge in [-0.2, -0.15) is 4.31 Å². The number of hydrogen-bond donors (Lipinski definition) is 3. The first-order valence-electron chi connectivity index (χ1n) is 13.3. The molecule has 3 atom stereocenters. The van der Waals surface area contributed by atoms with Crippen LogP contribution in [-0.4, -0.2) is 52.9 Å². The van der Waals surface area contributed by atoms with Crippen LogP contribution in [0.2, 0.25) is 0 Å². The molecule has 1 fully saturated rings. The largest absolute Gasteiger partial charge is 0.480 e. The molecule has 0 unspecified atom stereocenters. The average molecular weight is 600 g/mol. The Kier molecular flexibility index (Phi) is 9.53. The molecule has 8 nitrogen and oxygen atoms in total. The minimum Gasteiger partial charge on any atom is -0.480 e. The van der Waals surface area contributed by atoms with Crippen LogP contribution in [0.3, 0.4) is 0 Å². The molecule has 4 N–H and O–H groups in total. The molecule has 1 saturated heterocycles. The van der Waals surface area contributed by atoms with Crippen LogP contribution < -0.4 is 11.1 Å². The Morgan fingerprint density at radius 3 is 2.24 bits per heavy atom. The third-order valence-electron chi connectivity index (χ3n) is 7.51. The second kappa shape index (κ2) is 12.7. The number of nitrogens with zero attached hydrogens (tertiary/aromatic N) is 1. The van der Waals surface area contributed by atoms with Gasteiger partial charge in [0.2, 0.25) is 15.9 Å². The van der Waals surface area contributed by atoms with E-state index in [0.717, 1.165) is 11.1 Å². The highest BCUT2D eigenvalue weighted by Gasteiger charge is 2.42. The number of sulfonamides is 1. The van der Waals surface area contributed by atoms with E-state index in [1.54, 1.807) is 26.0 Å². The Bertz CT molecular complexity index is 1470. The van der Waals surface area contributed by atoms with Crippen molar-refractivity contribution in [3.05, 3.63) is 90.2 Å². The number of nitrogens with two attached hydrogens (primary N) is 1. The number of carbonyl (C=O) groups is 2. The van der Waals surface area contributed by atoms with Gasteiger partial charge in [0.1, 0.15) is 16.7 Å². The Morgan fingerprint density at radius 1 is 1.05 bits per heavy atom. The second-order valence-electron chi connectivity index (χ2n) is 10.4. The Morgan fingerprint density at radius 2 is 1.66 bits per heavy atom. The maximum atomic E-state index is 13.6. The van der Waals surface area contributed by atoms with E-state index in [0.29, 0.717) is 11.3 Å². The number of benzene rings is 3. The molecule has 1 heterocycles. The van der Waals surface area contributed by atoms with Crippen molar-refractivity contribution < 1.29 is 27.5 Å². The third-order valence-corrected chi connectivity index (χ3v) is 10.7. The summed E-state index contributed by atoms with van der Waals surface area (Å²) in [4.78, 5) is 25.6. The molecule has 3 aromatic rings. The monoisotopic (exact) mass is 599 g/mol. The maximum absolute atomic E-state index is 13.6. The fourth-order valence-corrected chi connectivity index (χ4v) is 7.86. The molecule has 0 radical (unpaired) electrons. The number of aliphatic carboxylic acids is 1. The van der Waals surface area contributed by atoms with E-state index in [-0.39, 0.29) is 30.2 Å². The lowest BCUT2D eigenvalue weighted by Crippen LogP contribution is -2.53. The van der Waals surface area contributed by atoms with Gasteiger partial charge in [-0.25, -0.2) is 12.8 Å². The van der Waals surface area contributed by atoms with Gasteiger partial charge in [-0.05, 0) is 59.7 Å². The molecule has 1 aliphatic heterocycles. The molecule has 1 amide bonds. The zero-order valence-corrected chi connectivity index (χ0v) is 24.5. The smallest absolute Gasteiger partial charge is 0.323 e. The van der Waals surface area contributed by atoms with E-state index < -0.39 is 44.7 Å². The summed E-state index contributed by atoms with van der Waals surface area (Å²) >= 11 is 1.21. The number of carboxylic acids is 1. The lowest BCUT2D eigenvalue weighted by Gasteiger charge is -2.31. The van der Waals surface area contributed by atoms with E-state index >= 15 is 0 Å². The number of amides is 1. The Balaban J connectivity index is 1.55. The minimum absolute atomic E-state index is 0.0376. The SMILES string of the molecule is CC(C)[C@@](N)(CC[C@H](NC(=O)[C@@H]1SCCN1S(=O)(=O)c1ccc(-c2ccccc2)cc1)c1ccc(F)cc1)C(=O)O. The first-order chi connectivity index (χ1) is 19.4. The normalized spacial score (nSPS) is 18.1. The van der Waals surface area contributed by atoms with Crippen molar-refractivity contribution in [2.75, 3.05) is 12.3 Å². The summed E-state index contributed by atoms with van der Waals surface area (Å²) in [7, 11) is -3.99. The van der Waals surface area contributed by atoms with Gasteiger partial charge in [-0.15, -0.1) is 11.8 Å². The van der Waals surface area contributed by atoms with Gasteiger partial charge in [0.25, 0.3) is 0 Å². The number of halogens is 1.